The van der Waals surface area contributed by atoms with E-state index < -0.39 is 0 Å². The van der Waals surface area contributed by atoms with Gasteiger partial charge in [0.1, 0.15) is 0 Å². The molecule has 0 saturated carbocycles. The molecule has 1 rings (SSSR count). The lowest BCUT2D eigenvalue weighted by molar-refractivity contribution is 0.571. The Bertz CT molecular complexity index is 341. The fraction of sp³-hybridized carbons (Fsp3) is 0.750. The van der Waals surface area contributed by atoms with Crippen molar-refractivity contribution in [2.45, 2.75) is 78.1 Å². The van der Waals surface area contributed by atoms with Crippen molar-refractivity contribution >= 4 is 22.9 Å². The second kappa shape index (κ2) is 8.22. The first-order chi connectivity index (χ1) is 8.56. The Morgan fingerprint density at radius 3 is 2.33 bits per heavy atom. The lowest BCUT2D eigenvalue weighted by Gasteiger charge is -2.08. The molecule has 1 unspecified atom stereocenters. The summed E-state index contributed by atoms with van der Waals surface area (Å²) in [5.41, 5.74) is 0. The van der Waals surface area contributed by atoms with Crippen molar-refractivity contribution in [2.24, 2.45) is 0 Å². The Balaban J connectivity index is 2.41. The molecule has 1 aromatic rings. The van der Waals surface area contributed by atoms with E-state index in [9.17, 15) is 0 Å². The largest absolute Gasteiger partial charge is 0.143 e. The van der Waals surface area contributed by atoms with Crippen LogP contribution in [0.25, 0.3) is 0 Å². The summed E-state index contributed by atoms with van der Waals surface area (Å²) in [6, 6.07) is 2.19. The van der Waals surface area contributed by atoms with E-state index in [2.05, 4.69) is 33.8 Å². The first kappa shape index (κ1) is 16.0. The quantitative estimate of drug-likeness (QED) is 0.452. The summed E-state index contributed by atoms with van der Waals surface area (Å²) in [5.74, 6) is 1.22. The van der Waals surface area contributed by atoms with Crippen LogP contribution in [0.4, 0.5) is 0 Å². The summed E-state index contributed by atoms with van der Waals surface area (Å²) >= 11 is 8.21. The van der Waals surface area contributed by atoms with Gasteiger partial charge in [-0.15, -0.1) is 11.3 Å². The van der Waals surface area contributed by atoms with Gasteiger partial charge in [0.15, 0.2) is 0 Å². The molecule has 0 fully saturated rings. The van der Waals surface area contributed by atoms with Gasteiger partial charge in [0.25, 0.3) is 0 Å². The average molecular weight is 287 g/mol. The van der Waals surface area contributed by atoms with E-state index in [1.54, 1.807) is 0 Å². The lowest BCUT2D eigenvalue weighted by Crippen LogP contribution is -1.90. The van der Waals surface area contributed by atoms with Crippen molar-refractivity contribution in [1.29, 1.82) is 0 Å². The molecule has 1 aromatic heterocycles. The van der Waals surface area contributed by atoms with Gasteiger partial charge in [-0.25, -0.2) is 0 Å². The van der Waals surface area contributed by atoms with Gasteiger partial charge in [-0.05, 0) is 24.3 Å². The van der Waals surface area contributed by atoms with E-state index >= 15 is 0 Å². The monoisotopic (exact) mass is 286 g/mol. The summed E-state index contributed by atoms with van der Waals surface area (Å²) in [5, 5.41) is 0.975. The summed E-state index contributed by atoms with van der Waals surface area (Å²) in [6.45, 7) is 9.05. The van der Waals surface area contributed by atoms with Gasteiger partial charge < -0.3 is 0 Å². The fourth-order valence-corrected chi connectivity index (χ4v) is 3.89. The highest BCUT2D eigenvalue weighted by molar-refractivity contribution is 7.12. The van der Waals surface area contributed by atoms with E-state index in [-0.39, 0.29) is 0 Å². The predicted molar refractivity (Wildman–Crippen MR) is 85.2 cm³/mol. The molecule has 18 heavy (non-hydrogen) atoms. The van der Waals surface area contributed by atoms with Crippen LogP contribution in [0.3, 0.4) is 0 Å². The molecule has 0 aliphatic heterocycles. The Kier molecular flexibility index (Phi) is 7.33. The van der Waals surface area contributed by atoms with Crippen LogP contribution in [-0.2, 0) is 0 Å². The van der Waals surface area contributed by atoms with Crippen LogP contribution in [0.2, 0.25) is 5.02 Å². The zero-order valence-electron chi connectivity index (χ0n) is 12.3. The predicted octanol–water partition coefficient (Wildman–Crippen LogP) is 6.99. The maximum Gasteiger partial charge on any atom is 0.0550 e. The molecule has 0 radical (unpaired) electrons. The molecular weight excluding hydrogens is 260 g/mol. The smallest absolute Gasteiger partial charge is 0.0550 e. The minimum Gasteiger partial charge on any atom is -0.143 e. The molecule has 104 valence electrons. The minimum atomic E-state index is 0.549. The lowest BCUT2D eigenvalue weighted by atomic mass is 10.0. The summed E-state index contributed by atoms with van der Waals surface area (Å²) < 4.78 is 0. The molecular formula is C16H27ClS. The molecule has 0 bridgehead atoms. The van der Waals surface area contributed by atoms with E-state index in [4.69, 9.17) is 11.6 Å². The topological polar surface area (TPSA) is 0 Å². The highest BCUT2D eigenvalue weighted by Crippen LogP contribution is 2.37. The van der Waals surface area contributed by atoms with Crippen LogP contribution >= 0.6 is 22.9 Å². The maximum absolute atomic E-state index is 6.30. The molecule has 1 heterocycles. The second-order valence-corrected chi connectivity index (χ2v) is 7.14. The minimum absolute atomic E-state index is 0.549. The average Bonchev–Trinajstić information content (AvgIpc) is 2.71. The van der Waals surface area contributed by atoms with Gasteiger partial charge in [0.2, 0.25) is 0 Å². The van der Waals surface area contributed by atoms with Crippen molar-refractivity contribution in [3.63, 3.8) is 0 Å². The second-order valence-electron chi connectivity index (χ2n) is 5.62. The van der Waals surface area contributed by atoms with Crippen LogP contribution in [0.15, 0.2) is 6.07 Å². The Hall–Kier alpha value is -0.0100. The van der Waals surface area contributed by atoms with Crippen LogP contribution in [0.5, 0.6) is 0 Å². The highest BCUT2D eigenvalue weighted by Gasteiger charge is 2.14. The van der Waals surface area contributed by atoms with Crippen molar-refractivity contribution < 1.29 is 0 Å². The van der Waals surface area contributed by atoms with Gasteiger partial charge >= 0.3 is 0 Å². The van der Waals surface area contributed by atoms with Gasteiger partial charge in [0, 0.05) is 9.75 Å². The van der Waals surface area contributed by atoms with E-state index in [0.29, 0.717) is 11.8 Å². The highest BCUT2D eigenvalue weighted by atomic mass is 35.5. The zero-order valence-corrected chi connectivity index (χ0v) is 13.8. The van der Waals surface area contributed by atoms with Crippen molar-refractivity contribution in [1.82, 2.24) is 0 Å². The van der Waals surface area contributed by atoms with Gasteiger partial charge in [-0.1, -0.05) is 71.4 Å². The third-order valence-electron chi connectivity index (χ3n) is 3.48. The normalized spacial score (nSPS) is 13.2. The third kappa shape index (κ3) is 4.93. The summed E-state index contributed by atoms with van der Waals surface area (Å²) in [6.07, 6.45) is 8.15. The zero-order chi connectivity index (χ0) is 13.5. The Labute approximate surface area is 122 Å². The number of hydrogen-bond acceptors (Lipinski definition) is 1. The molecule has 1 atom stereocenters. The molecule has 0 spiro atoms. The van der Waals surface area contributed by atoms with Crippen LogP contribution in [0.1, 0.15) is 87.8 Å². The molecule has 0 nitrogen and oxygen atoms in total. The van der Waals surface area contributed by atoms with E-state index in [1.807, 2.05) is 11.3 Å². The molecule has 0 amide bonds. The number of thiophene rings is 1. The van der Waals surface area contributed by atoms with Gasteiger partial charge in [-0.3, -0.25) is 0 Å². The third-order valence-corrected chi connectivity index (χ3v) is 5.57. The number of hydrogen-bond donors (Lipinski definition) is 0. The molecule has 0 aliphatic rings. The number of unbranched alkanes of at least 4 members (excludes halogenated alkanes) is 4. The number of halogens is 1. The summed E-state index contributed by atoms with van der Waals surface area (Å²) in [4.78, 5) is 2.82. The van der Waals surface area contributed by atoms with Crippen molar-refractivity contribution in [2.75, 3.05) is 0 Å². The van der Waals surface area contributed by atoms with Crippen LogP contribution < -0.4 is 0 Å². The molecule has 2 heteroatoms. The van der Waals surface area contributed by atoms with Crippen molar-refractivity contribution in [3.05, 3.63) is 20.8 Å². The number of rotatable bonds is 8. The Morgan fingerprint density at radius 2 is 1.78 bits per heavy atom. The molecule has 0 saturated heterocycles. The molecule has 0 N–H and O–H groups in total. The standard InChI is InChI=1S/C16H27ClS/c1-5-6-7-8-9-10-13(4)15-11-14(17)16(18-15)12(2)3/h11-13H,5-10H2,1-4H3. The van der Waals surface area contributed by atoms with Crippen LogP contribution in [0, 0.1) is 0 Å². The maximum atomic E-state index is 6.30. The van der Waals surface area contributed by atoms with Gasteiger partial charge in [-0.2, -0.15) is 0 Å². The molecule has 0 aromatic carbocycles. The summed E-state index contributed by atoms with van der Waals surface area (Å²) in [7, 11) is 0. The van der Waals surface area contributed by atoms with Gasteiger partial charge in [0.05, 0.1) is 5.02 Å². The van der Waals surface area contributed by atoms with Crippen LogP contribution in [-0.4, -0.2) is 0 Å². The SMILES string of the molecule is CCCCCCCC(C)c1cc(Cl)c(C(C)C)s1. The first-order valence-corrected chi connectivity index (χ1v) is 8.54. The molecule has 0 aliphatic carbocycles. The first-order valence-electron chi connectivity index (χ1n) is 7.35. The van der Waals surface area contributed by atoms with Crippen molar-refractivity contribution in [3.8, 4) is 0 Å². The van der Waals surface area contributed by atoms with E-state index in [1.165, 1.54) is 48.3 Å². The van der Waals surface area contributed by atoms with E-state index in [0.717, 1.165) is 5.02 Å². The Morgan fingerprint density at radius 1 is 1.11 bits per heavy atom. The fourth-order valence-electron chi connectivity index (χ4n) is 2.23.